The number of nitrogens with one attached hydrogen (secondary N) is 3. The van der Waals surface area contributed by atoms with Gasteiger partial charge in [0.1, 0.15) is 5.65 Å². The van der Waals surface area contributed by atoms with Crippen molar-refractivity contribution in [3.8, 4) is 0 Å². The predicted molar refractivity (Wildman–Crippen MR) is 96.9 cm³/mol. The van der Waals surface area contributed by atoms with E-state index in [2.05, 4.69) is 31.4 Å². The molecule has 3 heterocycles. The van der Waals surface area contributed by atoms with Crippen molar-refractivity contribution in [2.45, 2.75) is 19.3 Å². The lowest BCUT2D eigenvalue weighted by Gasteiger charge is -2.04. The van der Waals surface area contributed by atoms with E-state index in [1.807, 2.05) is 24.4 Å². The van der Waals surface area contributed by atoms with Crippen molar-refractivity contribution >= 4 is 22.5 Å². The fourth-order valence-corrected chi connectivity index (χ4v) is 3.08. The van der Waals surface area contributed by atoms with E-state index in [4.69, 9.17) is 0 Å². The summed E-state index contributed by atoms with van der Waals surface area (Å²) in [5.41, 5.74) is 3.25. The molecule has 0 unspecified atom stereocenters. The molecule has 0 aliphatic rings. The average Bonchev–Trinajstić information content (AvgIpc) is 3.25. The van der Waals surface area contributed by atoms with E-state index in [9.17, 15) is 9.59 Å². The number of nitrogens with zero attached hydrogens (tertiary/aromatic N) is 3. The van der Waals surface area contributed by atoms with E-state index in [0.717, 1.165) is 17.5 Å². The molecular formula is C18H18N6O2. The molecule has 4 rings (SSSR count). The Bertz CT molecular complexity index is 1120. The summed E-state index contributed by atoms with van der Waals surface area (Å²) in [4.78, 5) is 33.4. The molecule has 8 nitrogen and oxygen atoms in total. The minimum atomic E-state index is -0.437. The Morgan fingerprint density at radius 1 is 1.15 bits per heavy atom. The number of carbonyl (C=O) groups excluding carboxylic acids is 1. The molecule has 4 aromatic rings. The van der Waals surface area contributed by atoms with Crippen LogP contribution in [0.25, 0.3) is 16.6 Å². The molecule has 0 spiro atoms. The van der Waals surface area contributed by atoms with Crippen molar-refractivity contribution in [1.29, 1.82) is 0 Å². The summed E-state index contributed by atoms with van der Waals surface area (Å²) in [5.74, 6) is -0.0272. The Hall–Kier alpha value is -3.42. The van der Waals surface area contributed by atoms with Crippen LogP contribution in [0, 0.1) is 0 Å². The molecule has 0 aliphatic heterocycles. The topological polar surface area (TPSA) is 108 Å². The Kier molecular flexibility index (Phi) is 4.22. The van der Waals surface area contributed by atoms with Gasteiger partial charge >= 0.3 is 5.69 Å². The van der Waals surface area contributed by atoms with Crippen LogP contribution >= 0.6 is 0 Å². The number of hydrogen-bond donors (Lipinski definition) is 3. The molecule has 1 amide bonds. The number of H-pyrrole nitrogens is 2. The highest BCUT2D eigenvalue weighted by Crippen LogP contribution is 2.17. The van der Waals surface area contributed by atoms with Gasteiger partial charge in [-0.2, -0.15) is 14.6 Å². The molecule has 0 fully saturated rings. The number of amides is 1. The predicted octanol–water partition coefficient (Wildman–Crippen LogP) is 1.19. The number of hydrogen-bond acceptors (Lipinski definition) is 4. The Labute approximate surface area is 148 Å². The van der Waals surface area contributed by atoms with Crippen molar-refractivity contribution in [2.24, 2.45) is 0 Å². The molecule has 132 valence electrons. The third-order valence-electron chi connectivity index (χ3n) is 4.42. The van der Waals surface area contributed by atoms with Crippen LogP contribution in [0.1, 0.15) is 17.5 Å². The van der Waals surface area contributed by atoms with Crippen LogP contribution in [0.3, 0.4) is 0 Å². The number of benzene rings is 1. The minimum Gasteiger partial charge on any atom is -0.361 e. The zero-order chi connectivity index (χ0) is 17.9. The van der Waals surface area contributed by atoms with Crippen LogP contribution in [-0.4, -0.2) is 37.0 Å². The summed E-state index contributed by atoms with van der Waals surface area (Å²) in [6.45, 7) is 0.580. The number of aryl methyl sites for hydroxylation is 1. The number of rotatable bonds is 6. The normalized spacial score (nSPS) is 11.2. The van der Waals surface area contributed by atoms with Crippen LogP contribution in [0.4, 0.5) is 0 Å². The van der Waals surface area contributed by atoms with E-state index in [1.165, 1.54) is 21.8 Å². The lowest BCUT2D eigenvalue weighted by Crippen LogP contribution is -2.25. The molecule has 0 radical (unpaired) electrons. The lowest BCUT2D eigenvalue weighted by molar-refractivity contribution is -0.121. The molecule has 3 N–H and O–H groups in total. The molecule has 0 saturated carbocycles. The van der Waals surface area contributed by atoms with Gasteiger partial charge in [0.2, 0.25) is 5.91 Å². The minimum absolute atomic E-state index is 0.0272. The zero-order valence-electron chi connectivity index (χ0n) is 14.0. The van der Waals surface area contributed by atoms with Gasteiger partial charge in [-0.25, -0.2) is 4.79 Å². The summed E-state index contributed by atoms with van der Waals surface area (Å²) in [7, 11) is 0. The van der Waals surface area contributed by atoms with E-state index < -0.39 is 5.69 Å². The smallest absolute Gasteiger partial charge is 0.361 e. The number of para-hydroxylation sites is 1. The first kappa shape index (κ1) is 16.1. The summed E-state index contributed by atoms with van der Waals surface area (Å²) >= 11 is 0. The van der Waals surface area contributed by atoms with Gasteiger partial charge in [-0.1, -0.05) is 18.2 Å². The average molecular weight is 350 g/mol. The molecule has 1 aromatic carbocycles. The highest BCUT2D eigenvalue weighted by atomic mass is 16.2. The lowest BCUT2D eigenvalue weighted by atomic mass is 10.1. The van der Waals surface area contributed by atoms with Gasteiger partial charge in [-0.15, -0.1) is 0 Å². The van der Waals surface area contributed by atoms with Gasteiger partial charge in [-0.05, 0) is 24.5 Å². The Morgan fingerprint density at radius 2 is 2.04 bits per heavy atom. The standard InChI is InChI=1S/C18H18N6O2/c25-16(6-5-13-10-23-24-17(13)21-11-22-18(24)26)19-8-7-12-9-20-15-4-2-1-3-14(12)15/h1-4,9-11,20H,5-8H2,(H,19,25)(H,21,22,26). The third kappa shape index (κ3) is 3.08. The summed E-state index contributed by atoms with van der Waals surface area (Å²) in [5, 5.41) is 8.13. The number of carbonyl (C=O) groups is 1. The van der Waals surface area contributed by atoms with Crippen molar-refractivity contribution in [2.75, 3.05) is 6.54 Å². The van der Waals surface area contributed by atoms with Crippen molar-refractivity contribution < 1.29 is 4.79 Å². The van der Waals surface area contributed by atoms with Gasteiger partial charge < -0.3 is 15.3 Å². The maximum absolute atomic E-state index is 12.1. The van der Waals surface area contributed by atoms with Crippen LogP contribution in [0.2, 0.25) is 0 Å². The van der Waals surface area contributed by atoms with Crippen LogP contribution < -0.4 is 11.0 Å². The van der Waals surface area contributed by atoms with Gasteiger partial charge in [0.05, 0.1) is 12.5 Å². The zero-order valence-corrected chi connectivity index (χ0v) is 14.0. The fraction of sp³-hybridized carbons (Fsp3) is 0.222. The Balaban J connectivity index is 1.31. The quantitative estimate of drug-likeness (QED) is 0.485. The first-order chi connectivity index (χ1) is 12.7. The van der Waals surface area contributed by atoms with Gasteiger partial charge in [0.25, 0.3) is 0 Å². The van der Waals surface area contributed by atoms with Gasteiger partial charge in [0.15, 0.2) is 0 Å². The van der Waals surface area contributed by atoms with Crippen molar-refractivity contribution in [1.82, 2.24) is 29.9 Å². The van der Waals surface area contributed by atoms with E-state index in [0.29, 0.717) is 25.0 Å². The van der Waals surface area contributed by atoms with Gasteiger partial charge in [0, 0.05) is 35.6 Å². The highest BCUT2D eigenvalue weighted by Gasteiger charge is 2.10. The number of aromatic amines is 2. The molecule has 26 heavy (non-hydrogen) atoms. The first-order valence-electron chi connectivity index (χ1n) is 8.44. The van der Waals surface area contributed by atoms with E-state index >= 15 is 0 Å². The second kappa shape index (κ2) is 6.83. The summed E-state index contributed by atoms with van der Waals surface area (Å²) in [6.07, 6.45) is 6.52. The van der Waals surface area contributed by atoms with Crippen LogP contribution in [0.15, 0.2) is 47.8 Å². The fourth-order valence-electron chi connectivity index (χ4n) is 3.08. The second-order valence-electron chi connectivity index (χ2n) is 6.07. The second-order valence-corrected chi connectivity index (χ2v) is 6.07. The Morgan fingerprint density at radius 3 is 2.96 bits per heavy atom. The molecule has 8 heteroatoms. The van der Waals surface area contributed by atoms with Crippen LogP contribution in [-0.2, 0) is 17.6 Å². The maximum Gasteiger partial charge on any atom is 0.371 e. The van der Waals surface area contributed by atoms with E-state index in [1.54, 1.807) is 6.20 Å². The summed E-state index contributed by atoms with van der Waals surface area (Å²) in [6, 6.07) is 8.11. The monoisotopic (exact) mass is 350 g/mol. The van der Waals surface area contributed by atoms with Crippen LogP contribution in [0.5, 0.6) is 0 Å². The maximum atomic E-state index is 12.1. The number of fused-ring (bicyclic) bond motifs is 2. The number of aromatic nitrogens is 5. The first-order valence-corrected chi connectivity index (χ1v) is 8.44. The summed E-state index contributed by atoms with van der Waals surface area (Å²) < 4.78 is 1.20. The SMILES string of the molecule is O=C(CCc1cnn2c(=O)nc[nH]c12)NCCc1c[nH]c2ccccc12. The molecule has 0 bridgehead atoms. The van der Waals surface area contributed by atoms with Crippen molar-refractivity contribution in [3.63, 3.8) is 0 Å². The third-order valence-corrected chi connectivity index (χ3v) is 4.42. The molecule has 3 aromatic heterocycles. The molecule has 0 saturated heterocycles. The molecule has 0 aliphatic carbocycles. The van der Waals surface area contributed by atoms with Crippen molar-refractivity contribution in [3.05, 3.63) is 64.6 Å². The highest BCUT2D eigenvalue weighted by molar-refractivity contribution is 5.83. The van der Waals surface area contributed by atoms with Gasteiger partial charge in [-0.3, -0.25) is 4.79 Å². The molecule has 0 atom stereocenters. The largest absolute Gasteiger partial charge is 0.371 e. The van der Waals surface area contributed by atoms with E-state index in [-0.39, 0.29) is 5.91 Å². The molecular weight excluding hydrogens is 332 g/mol.